The van der Waals surface area contributed by atoms with Crippen LogP contribution in [0.1, 0.15) is 111 Å². The maximum absolute atomic E-state index is 8.89. The lowest BCUT2D eigenvalue weighted by atomic mass is 10.0. The summed E-state index contributed by atoms with van der Waals surface area (Å²) in [7, 11) is 0. The summed E-state index contributed by atoms with van der Waals surface area (Å²) in [6.07, 6.45) is 20.5. The molecule has 0 aromatic carbocycles. The Hall–Kier alpha value is -0.570. The largest absolute Gasteiger partial charge is 0.550 e. The van der Waals surface area contributed by atoms with E-state index in [2.05, 4.69) is 13.8 Å². The van der Waals surface area contributed by atoms with Crippen molar-refractivity contribution in [2.45, 2.75) is 111 Å². The van der Waals surface area contributed by atoms with E-state index in [9.17, 15) is 0 Å². The van der Waals surface area contributed by atoms with E-state index in [1.54, 1.807) is 0 Å². The van der Waals surface area contributed by atoms with Crippen molar-refractivity contribution >= 4 is 5.97 Å². The molecule has 150 valence electrons. The molecule has 1 aliphatic rings. The first kappa shape index (κ1) is 24.4. The summed E-state index contributed by atoms with van der Waals surface area (Å²) in [6.45, 7) is 11.5. The molecule has 1 saturated heterocycles. The molecule has 0 aliphatic carbocycles. The van der Waals surface area contributed by atoms with Gasteiger partial charge in [0.05, 0.1) is 26.2 Å². The number of quaternary nitrogens is 1. The molecule has 1 fully saturated rings. The van der Waals surface area contributed by atoms with Gasteiger partial charge in [0.25, 0.3) is 0 Å². The number of unbranched alkanes of at least 4 members (excludes halogenated alkanes) is 9. The molecule has 1 aliphatic heterocycles. The van der Waals surface area contributed by atoms with Crippen LogP contribution in [0.25, 0.3) is 0 Å². The molecular formula is C22H45NO2. The van der Waals surface area contributed by atoms with Crippen LogP contribution in [0.15, 0.2) is 0 Å². The summed E-state index contributed by atoms with van der Waals surface area (Å²) >= 11 is 0. The van der Waals surface area contributed by atoms with Crippen molar-refractivity contribution in [2.75, 3.05) is 26.2 Å². The molecule has 0 spiro atoms. The maximum atomic E-state index is 8.89. The average Bonchev–Trinajstić information content (AvgIpc) is 2.59. The van der Waals surface area contributed by atoms with Crippen LogP contribution >= 0.6 is 0 Å². The summed E-state index contributed by atoms with van der Waals surface area (Å²) < 4.78 is 1.48. The molecule has 3 heteroatoms. The lowest BCUT2D eigenvalue weighted by Gasteiger charge is -2.42. The van der Waals surface area contributed by atoms with Gasteiger partial charge in [0.2, 0.25) is 0 Å². The van der Waals surface area contributed by atoms with Crippen molar-refractivity contribution in [3.8, 4) is 0 Å². The van der Waals surface area contributed by atoms with Crippen LogP contribution in [0.4, 0.5) is 0 Å². The quantitative estimate of drug-likeness (QED) is 0.342. The van der Waals surface area contributed by atoms with Crippen molar-refractivity contribution < 1.29 is 14.4 Å². The van der Waals surface area contributed by atoms with E-state index in [0.29, 0.717) is 0 Å². The Bertz CT molecular complexity index is 294. The molecule has 1 heterocycles. The van der Waals surface area contributed by atoms with Gasteiger partial charge in [0, 0.05) is 5.97 Å². The van der Waals surface area contributed by atoms with Gasteiger partial charge in [-0.2, -0.15) is 0 Å². The van der Waals surface area contributed by atoms with Crippen molar-refractivity contribution in [2.24, 2.45) is 0 Å². The van der Waals surface area contributed by atoms with E-state index in [0.717, 1.165) is 6.92 Å². The molecule has 25 heavy (non-hydrogen) atoms. The van der Waals surface area contributed by atoms with Crippen LogP contribution in [0.2, 0.25) is 0 Å². The Kier molecular flexibility index (Phi) is 16.5. The number of carbonyl (C=O) groups is 1. The maximum Gasteiger partial charge on any atom is 0.0786 e. The first-order chi connectivity index (χ1) is 12.1. The summed E-state index contributed by atoms with van der Waals surface area (Å²) in [6, 6.07) is 0. The number of carboxylic acid groups (broad SMARTS) is 1. The van der Waals surface area contributed by atoms with Gasteiger partial charge in [-0.3, -0.25) is 0 Å². The number of piperidine rings is 1. The zero-order valence-corrected chi connectivity index (χ0v) is 17.5. The van der Waals surface area contributed by atoms with Gasteiger partial charge in [0.15, 0.2) is 0 Å². The normalized spacial score (nSPS) is 16.1. The van der Waals surface area contributed by atoms with Crippen LogP contribution in [-0.4, -0.2) is 36.6 Å². The molecule has 0 atom stereocenters. The molecular weight excluding hydrogens is 310 g/mol. The Morgan fingerprint density at radius 1 is 0.720 bits per heavy atom. The number of hydrogen-bond acceptors (Lipinski definition) is 2. The topological polar surface area (TPSA) is 40.1 Å². The predicted molar refractivity (Wildman–Crippen MR) is 106 cm³/mol. The monoisotopic (exact) mass is 355 g/mol. The van der Waals surface area contributed by atoms with Gasteiger partial charge in [-0.15, -0.1) is 0 Å². The lowest BCUT2D eigenvalue weighted by Crippen LogP contribution is -2.52. The molecule has 3 nitrogen and oxygen atoms in total. The lowest BCUT2D eigenvalue weighted by molar-refractivity contribution is -0.932. The molecule has 0 radical (unpaired) electrons. The fraction of sp³-hybridized carbons (Fsp3) is 0.955. The Balaban J connectivity index is 0.00000129. The van der Waals surface area contributed by atoms with E-state index in [4.69, 9.17) is 9.90 Å². The predicted octanol–water partition coefficient (Wildman–Crippen LogP) is 5.07. The number of carboxylic acids is 1. The zero-order valence-electron chi connectivity index (χ0n) is 17.5. The van der Waals surface area contributed by atoms with Crippen LogP contribution in [0, 0.1) is 0 Å². The summed E-state index contributed by atoms with van der Waals surface area (Å²) in [5.74, 6) is -1.08. The standard InChI is InChI=1S/C20H42N.C2H4O2/c1-3-5-7-8-9-10-11-12-14-18-21(17-6-4-2)19-15-13-16-20-21;1-2(3)4/h3-20H2,1-2H3;1H3,(H,3,4)/q+1;/p-1. The number of likely N-dealkylation sites (tertiary alicyclic amines) is 1. The van der Waals surface area contributed by atoms with Crippen LogP contribution in [-0.2, 0) is 4.79 Å². The highest BCUT2D eigenvalue weighted by atomic mass is 16.4. The number of carbonyl (C=O) groups excluding carboxylic acids is 1. The van der Waals surface area contributed by atoms with Gasteiger partial charge in [0.1, 0.15) is 0 Å². The van der Waals surface area contributed by atoms with Crippen LogP contribution in [0.3, 0.4) is 0 Å². The molecule has 1 rings (SSSR count). The second-order valence-electron chi connectivity index (χ2n) is 7.97. The van der Waals surface area contributed by atoms with E-state index < -0.39 is 5.97 Å². The SMILES string of the molecule is CC(=O)[O-].CCCCCCCCCCC[N+]1(CCCC)CCCCC1. The van der Waals surface area contributed by atoms with Crippen LogP contribution in [0.5, 0.6) is 0 Å². The Morgan fingerprint density at radius 3 is 1.60 bits per heavy atom. The van der Waals surface area contributed by atoms with E-state index in [-0.39, 0.29) is 0 Å². The summed E-state index contributed by atoms with van der Waals surface area (Å²) in [5.41, 5.74) is 0. The minimum absolute atomic E-state index is 0.972. The first-order valence-corrected chi connectivity index (χ1v) is 11.1. The summed E-state index contributed by atoms with van der Waals surface area (Å²) in [5, 5.41) is 8.89. The third-order valence-electron chi connectivity index (χ3n) is 5.49. The zero-order chi connectivity index (χ0) is 18.8. The van der Waals surface area contributed by atoms with Gasteiger partial charge in [-0.25, -0.2) is 0 Å². The molecule has 0 aromatic rings. The highest BCUT2D eigenvalue weighted by Gasteiger charge is 2.28. The third-order valence-corrected chi connectivity index (χ3v) is 5.49. The fourth-order valence-electron chi connectivity index (χ4n) is 3.99. The Morgan fingerprint density at radius 2 is 1.12 bits per heavy atom. The minimum atomic E-state index is -1.08. The molecule has 0 amide bonds. The molecule has 0 saturated carbocycles. The van der Waals surface area contributed by atoms with Crippen molar-refractivity contribution in [1.82, 2.24) is 0 Å². The molecule has 0 aromatic heterocycles. The smallest absolute Gasteiger partial charge is 0.0786 e. The van der Waals surface area contributed by atoms with Crippen molar-refractivity contribution in [1.29, 1.82) is 0 Å². The first-order valence-electron chi connectivity index (χ1n) is 11.1. The van der Waals surface area contributed by atoms with Gasteiger partial charge >= 0.3 is 0 Å². The number of nitrogens with zero attached hydrogens (tertiary/aromatic N) is 1. The van der Waals surface area contributed by atoms with E-state index in [1.807, 2.05) is 0 Å². The average molecular weight is 356 g/mol. The Labute approximate surface area is 157 Å². The van der Waals surface area contributed by atoms with E-state index in [1.165, 1.54) is 121 Å². The number of hydrogen-bond donors (Lipinski definition) is 0. The van der Waals surface area contributed by atoms with E-state index >= 15 is 0 Å². The van der Waals surface area contributed by atoms with Crippen LogP contribution < -0.4 is 5.11 Å². The minimum Gasteiger partial charge on any atom is -0.550 e. The highest BCUT2D eigenvalue weighted by molar-refractivity contribution is 5.60. The van der Waals surface area contributed by atoms with Gasteiger partial charge in [-0.05, 0) is 45.4 Å². The van der Waals surface area contributed by atoms with Crippen molar-refractivity contribution in [3.63, 3.8) is 0 Å². The fourth-order valence-corrected chi connectivity index (χ4v) is 3.99. The van der Waals surface area contributed by atoms with Crippen molar-refractivity contribution in [3.05, 3.63) is 0 Å². The third kappa shape index (κ3) is 15.4. The summed E-state index contributed by atoms with van der Waals surface area (Å²) in [4.78, 5) is 8.89. The highest BCUT2D eigenvalue weighted by Crippen LogP contribution is 2.22. The number of aliphatic carboxylic acids is 1. The van der Waals surface area contributed by atoms with Gasteiger partial charge < -0.3 is 14.4 Å². The second kappa shape index (κ2) is 16.9. The molecule has 0 N–H and O–H groups in total. The van der Waals surface area contributed by atoms with Gasteiger partial charge in [-0.1, -0.05) is 65.2 Å². The number of rotatable bonds is 13. The molecule has 0 bridgehead atoms. The second-order valence-corrected chi connectivity index (χ2v) is 7.97. The molecule has 0 unspecified atom stereocenters.